The lowest BCUT2D eigenvalue weighted by molar-refractivity contribution is -0.115. The predicted molar refractivity (Wildman–Crippen MR) is 132 cm³/mol. The van der Waals surface area contributed by atoms with Gasteiger partial charge in [0, 0.05) is 41.8 Å². The molecule has 1 aromatic carbocycles. The second-order valence-electron chi connectivity index (χ2n) is 8.23. The average Bonchev–Trinajstić information content (AvgIpc) is 2.80. The molecule has 0 radical (unpaired) electrons. The van der Waals surface area contributed by atoms with Gasteiger partial charge in [-0.15, -0.1) is 0 Å². The van der Waals surface area contributed by atoms with Crippen molar-refractivity contribution in [2.45, 2.75) is 24.8 Å². The summed E-state index contributed by atoms with van der Waals surface area (Å²) in [7, 11) is -3.45. The van der Waals surface area contributed by atoms with Crippen LogP contribution in [-0.4, -0.2) is 35.5 Å². The van der Waals surface area contributed by atoms with Crippen LogP contribution in [-0.2, 0) is 21.1 Å². The lowest BCUT2D eigenvalue weighted by atomic mass is 10.0. The van der Waals surface area contributed by atoms with Crippen molar-refractivity contribution >= 4 is 27.4 Å². The molecule has 1 amide bonds. The summed E-state index contributed by atoms with van der Waals surface area (Å²) < 4.78 is 23.3. The fraction of sp³-hybridized carbons (Fsp3) is 0.200. The van der Waals surface area contributed by atoms with E-state index in [1.54, 1.807) is 18.5 Å². The molecule has 2 N–H and O–H groups in total. The number of carbonyl (C=O) groups is 1. The maximum absolute atomic E-state index is 12.4. The zero-order valence-corrected chi connectivity index (χ0v) is 19.7. The van der Waals surface area contributed by atoms with Gasteiger partial charge in [-0.3, -0.25) is 4.79 Å². The SMILES string of the molecule is CC1C=C(Nc2ncc(-c3ccc(CC(=O)Nc4ccnc(S(C)(=O)=O)c4)cc3)cn2)C=CC1. The smallest absolute Gasteiger partial charge is 0.228 e. The molecule has 0 saturated carbocycles. The third-order valence-corrected chi connectivity index (χ3v) is 6.21. The Morgan fingerprint density at radius 1 is 1.06 bits per heavy atom. The van der Waals surface area contributed by atoms with Crippen LogP contribution in [0.5, 0.6) is 0 Å². The summed E-state index contributed by atoms with van der Waals surface area (Å²) in [6, 6.07) is 10.5. The maximum atomic E-state index is 12.4. The molecular weight excluding hydrogens is 450 g/mol. The molecule has 1 unspecified atom stereocenters. The Balaban J connectivity index is 1.36. The van der Waals surface area contributed by atoms with Gasteiger partial charge in [-0.2, -0.15) is 0 Å². The average molecular weight is 476 g/mol. The van der Waals surface area contributed by atoms with E-state index < -0.39 is 9.84 Å². The van der Waals surface area contributed by atoms with E-state index in [0.29, 0.717) is 17.6 Å². The third kappa shape index (κ3) is 6.14. The number of sulfone groups is 1. The first-order valence-corrected chi connectivity index (χ1v) is 12.7. The minimum atomic E-state index is -3.45. The number of hydrogen-bond donors (Lipinski definition) is 2. The standard InChI is InChI=1S/C25H25N5O3S/c1-17-4-3-5-21(12-17)30-25-27-15-20(16-28-25)19-8-6-18(7-9-19)13-23(31)29-22-10-11-26-24(14-22)34(2,32)33/h3,5-12,14-17H,4,13H2,1-2H3,(H,26,29,31)(H,27,28,30). The number of allylic oxidation sites excluding steroid dienone is 3. The van der Waals surface area contributed by atoms with E-state index in [0.717, 1.165) is 35.1 Å². The number of amides is 1. The zero-order chi connectivity index (χ0) is 24.1. The van der Waals surface area contributed by atoms with Gasteiger partial charge >= 0.3 is 0 Å². The van der Waals surface area contributed by atoms with Gasteiger partial charge in [0.2, 0.25) is 11.9 Å². The first-order valence-electron chi connectivity index (χ1n) is 10.8. The molecule has 9 heteroatoms. The molecule has 34 heavy (non-hydrogen) atoms. The van der Waals surface area contributed by atoms with Gasteiger partial charge in [-0.05, 0) is 41.7 Å². The highest BCUT2D eigenvalue weighted by atomic mass is 32.2. The van der Waals surface area contributed by atoms with Gasteiger partial charge < -0.3 is 10.6 Å². The summed E-state index contributed by atoms with van der Waals surface area (Å²) in [6.07, 6.45) is 13.5. The van der Waals surface area contributed by atoms with Crippen LogP contribution in [0.15, 0.2) is 83.9 Å². The molecule has 1 atom stereocenters. The van der Waals surface area contributed by atoms with Crippen molar-refractivity contribution < 1.29 is 13.2 Å². The fourth-order valence-corrected chi connectivity index (χ4v) is 4.08. The molecule has 174 valence electrons. The number of aromatic nitrogens is 3. The Labute approximate surface area is 198 Å². The molecule has 0 aliphatic heterocycles. The molecule has 3 aromatic rings. The normalized spacial score (nSPS) is 15.5. The molecular formula is C25H25N5O3S. The highest BCUT2D eigenvalue weighted by Crippen LogP contribution is 2.21. The topological polar surface area (TPSA) is 114 Å². The predicted octanol–water partition coefficient (Wildman–Crippen LogP) is 4.02. The van der Waals surface area contributed by atoms with E-state index in [-0.39, 0.29) is 17.4 Å². The van der Waals surface area contributed by atoms with Gasteiger partial charge in [0.25, 0.3) is 0 Å². The van der Waals surface area contributed by atoms with Crippen molar-refractivity contribution in [3.05, 3.63) is 84.5 Å². The van der Waals surface area contributed by atoms with Gasteiger partial charge in [0.15, 0.2) is 14.9 Å². The Bertz CT molecular complexity index is 1350. The minimum absolute atomic E-state index is 0.0837. The Morgan fingerprint density at radius 2 is 1.79 bits per heavy atom. The number of pyridine rings is 1. The van der Waals surface area contributed by atoms with Gasteiger partial charge in [-0.25, -0.2) is 23.4 Å². The molecule has 0 saturated heterocycles. The van der Waals surface area contributed by atoms with Gasteiger partial charge in [0.1, 0.15) is 0 Å². The monoisotopic (exact) mass is 475 g/mol. The molecule has 2 aromatic heterocycles. The van der Waals surface area contributed by atoms with Crippen LogP contribution < -0.4 is 10.6 Å². The molecule has 2 heterocycles. The van der Waals surface area contributed by atoms with Crippen molar-refractivity contribution in [3.63, 3.8) is 0 Å². The summed E-state index contributed by atoms with van der Waals surface area (Å²) in [5.74, 6) is 0.775. The van der Waals surface area contributed by atoms with Crippen LogP contribution in [0.25, 0.3) is 11.1 Å². The fourth-order valence-electron chi connectivity index (χ4n) is 3.49. The molecule has 0 bridgehead atoms. The van der Waals surface area contributed by atoms with Crippen molar-refractivity contribution in [3.8, 4) is 11.1 Å². The van der Waals surface area contributed by atoms with Crippen LogP contribution in [0.3, 0.4) is 0 Å². The quantitative estimate of drug-likeness (QED) is 0.531. The number of hydrogen-bond acceptors (Lipinski definition) is 7. The van der Waals surface area contributed by atoms with Crippen molar-refractivity contribution in [1.29, 1.82) is 0 Å². The second kappa shape index (κ2) is 9.96. The second-order valence-corrected chi connectivity index (χ2v) is 10.2. The minimum Gasteiger partial charge on any atom is -0.326 e. The number of nitrogens with one attached hydrogen (secondary N) is 2. The van der Waals surface area contributed by atoms with E-state index in [9.17, 15) is 13.2 Å². The van der Waals surface area contributed by atoms with Crippen LogP contribution in [0.2, 0.25) is 0 Å². The van der Waals surface area contributed by atoms with E-state index in [1.807, 2.05) is 30.3 Å². The lowest BCUT2D eigenvalue weighted by Crippen LogP contribution is -2.15. The molecule has 4 rings (SSSR count). The Hall–Kier alpha value is -3.85. The Kier molecular flexibility index (Phi) is 6.83. The van der Waals surface area contributed by atoms with Crippen LogP contribution in [0, 0.1) is 5.92 Å². The summed E-state index contributed by atoms with van der Waals surface area (Å²) in [5.41, 5.74) is 4.01. The molecule has 0 fully saturated rings. The van der Waals surface area contributed by atoms with Crippen LogP contribution in [0.1, 0.15) is 18.9 Å². The molecule has 1 aliphatic rings. The van der Waals surface area contributed by atoms with Crippen molar-refractivity contribution in [2.24, 2.45) is 5.92 Å². The zero-order valence-electron chi connectivity index (χ0n) is 18.9. The number of nitrogens with zero attached hydrogens (tertiary/aromatic N) is 3. The molecule has 1 aliphatic carbocycles. The summed E-state index contributed by atoms with van der Waals surface area (Å²) in [4.78, 5) is 25.0. The third-order valence-electron chi connectivity index (χ3n) is 5.23. The lowest BCUT2D eigenvalue weighted by Gasteiger charge is -2.13. The van der Waals surface area contributed by atoms with Crippen molar-refractivity contribution in [2.75, 3.05) is 16.9 Å². The van der Waals surface area contributed by atoms with E-state index >= 15 is 0 Å². The van der Waals surface area contributed by atoms with E-state index in [2.05, 4.69) is 44.7 Å². The number of anilines is 2. The Morgan fingerprint density at radius 3 is 2.47 bits per heavy atom. The highest BCUT2D eigenvalue weighted by Gasteiger charge is 2.11. The molecule has 8 nitrogen and oxygen atoms in total. The maximum Gasteiger partial charge on any atom is 0.228 e. The summed E-state index contributed by atoms with van der Waals surface area (Å²) in [5, 5.41) is 5.85. The van der Waals surface area contributed by atoms with Crippen LogP contribution >= 0.6 is 0 Å². The van der Waals surface area contributed by atoms with Gasteiger partial charge in [-0.1, -0.05) is 43.3 Å². The number of benzene rings is 1. The summed E-state index contributed by atoms with van der Waals surface area (Å²) >= 11 is 0. The first kappa shape index (κ1) is 23.3. The number of rotatable bonds is 7. The number of carbonyl (C=O) groups excluding carboxylic acids is 1. The summed E-state index contributed by atoms with van der Waals surface area (Å²) in [6.45, 7) is 2.16. The van der Waals surface area contributed by atoms with Crippen molar-refractivity contribution in [1.82, 2.24) is 15.0 Å². The molecule has 0 spiro atoms. The van der Waals surface area contributed by atoms with E-state index in [4.69, 9.17) is 0 Å². The van der Waals surface area contributed by atoms with E-state index in [1.165, 1.54) is 12.3 Å². The van der Waals surface area contributed by atoms with Crippen LogP contribution in [0.4, 0.5) is 11.6 Å². The largest absolute Gasteiger partial charge is 0.326 e. The first-order chi connectivity index (χ1) is 16.3. The highest BCUT2D eigenvalue weighted by molar-refractivity contribution is 7.90. The van der Waals surface area contributed by atoms with Gasteiger partial charge in [0.05, 0.1) is 6.42 Å².